The number of aryl methyl sites for hydroxylation is 1. The van der Waals surface area contributed by atoms with E-state index in [4.69, 9.17) is 16.0 Å². The van der Waals surface area contributed by atoms with Crippen LogP contribution in [0.3, 0.4) is 0 Å². The van der Waals surface area contributed by atoms with E-state index in [1.165, 1.54) is 0 Å². The Kier molecular flexibility index (Phi) is 2.95. The number of nitrogens with zero attached hydrogens (tertiary/aromatic N) is 1. The van der Waals surface area contributed by atoms with Crippen molar-refractivity contribution < 1.29 is 9.52 Å². The van der Waals surface area contributed by atoms with Crippen LogP contribution in [0, 0.1) is 6.92 Å². The predicted molar refractivity (Wildman–Crippen MR) is 73.6 cm³/mol. The summed E-state index contributed by atoms with van der Waals surface area (Å²) in [4.78, 5) is 0. The van der Waals surface area contributed by atoms with Gasteiger partial charge in [-0.15, -0.1) is 0 Å². The highest BCUT2D eigenvalue weighted by molar-refractivity contribution is 6.30. The number of hydrazone groups is 1. The van der Waals surface area contributed by atoms with Crippen molar-refractivity contribution in [3.05, 3.63) is 52.4 Å². The van der Waals surface area contributed by atoms with Crippen molar-refractivity contribution in [3.8, 4) is 5.75 Å². The summed E-state index contributed by atoms with van der Waals surface area (Å²) in [6.45, 7) is 1.90. The maximum atomic E-state index is 9.88. The van der Waals surface area contributed by atoms with Crippen LogP contribution in [0.5, 0.6) is 5.75 Å². The molecule has 0 aliphatic carbocycles. The van der Waals surface area contributed by atoms with Crippen LogP contribution < -0.4 is 5.43 Å². The summed E-state index contributed by atoms with van der Waals surface area (Å²) in [5.74, 6) is 1.83. The fourth-order valence-corrected chi connectivity index (χ4v) is 2.35. The minimum atomic E-state index is -0.0842. The first-order valence-corrected chi connectivity index (χ1v) is 6.38. The number of benzene rings is 1. The Bertz CT molecular complexity index is 649. The third kappa shape index (κ3) is 2.31. The van der Waals surface area contributed by atoms with Crippen LogP contribution in [-0.2, 0) is 0 Å². The minimum Gasteiger partial charge on any atom is -0.508 e. The number of nitrogens with one attached hydrogen (secondary N) is 1. The average molecular weight is 277 g/mol. The van der Waals surface area contributed by atoms with Crippen LogP contribution in [0.2, 0.25) is 5.02 Å². The molecule has 1 atom stereocenters. The van der Waals surface area contributed by atoms with Crippen molar-refractivity contribution in [2.75, 3.05) is 0 Å². The van der Waals surface area contributed by atoms with Crippen LogP contribution >= 0.6 is 11.6 Å². The van der Waals surface area contributed by atoms with Crippen molar-refractivity contribution in [2.45, 2.75) is 19.4 Å². The molecule has 19 heavy (non-hydrogen) atoms. The normalized spacial score (nSPS) is 18.2. The van der Waals surface area contributed by atoms with Crippen LogP contribution in [0.4, 0.5) is 0 Å². The zero-order chi connectivity index (χ0) is 13.4. The van der Waals surface area contributed by atoms with Crippen molar-refractivity contribution in [2.24, 2.45) is 5.10 Å². The highest BCUT2D eigenvalue weighted by atomic mass is 35.5. The Labute approximate surface area is 115 Å². The summed E-state index contributed by atoms with van der Waals surface area (Å²) in [6, 6.07) is 8.72. The maximum absolute atomic E-state index is 9.88. The number of hydrogen-bond acceptors (Lipinski definition) is 4. The van der Waals surface area contributed by atoms with Gasteiger partial charge in [0.05, 0.1) is 6.04 Å². The first-order valence-electron chi connectivity index (χ1n) is 6.01. The lowest BCUT2D eigenvalue weighted by Crippen LogP contribution is -2.10. The molecule has 0 bridgehead atoms. The van der Waals surface area contributed by atoms with Crippen LogP contribution in [0.15, 0.2) is 39.9 Å². The van der Waals surface area contributed by atoms with Gasteiger partial charge in [-0.3, -0.25) is 0 Å². The van der Waals surface area contributed by atoms with E-state index in [9.17, 15) is 5.11 Å². The van der Waals surface area contributed by atoms with E-state index in [0.29, 0.717) is 11.4 Å². The second kappa shape index (κ2) is 4.63. The van der Waals surface area contributed by atoms with Gasteiger partial charge < -0.3 is 14.9 Å². The number of phenolic OH excluding ortho intramolecular Hbond substituents is 1. The van der Waals surface area contributed by atoms with Crippen molar-refractivity contribution >= 4 is 17.3 Å². The molecule has 98 valence electrons. The molecule has 2 aromatic rings. The fourth-order valence-electron chi connectivity index (χ4n) is 2.17. The van der Waals surface area contributed by atoms with E-state index in [1.807, 2.05) is 19.1 Å². The molecule has 3 rings (SSSR count). The van der Waals surface area contributed by atoms with Gasteiger partial charge in [-0.05, 0) is 37.3 Å². The molecule has 1 unspecified atom stereocenters. The van der Waals surface area contributed by atoms with Gasteiger partial charge in [0.2, 0.25) is 0 Å². The molecule has 1 aromatic heterocycles. The lowest BCUT2D eigenvalue weighted by atomic mass is 10.0. The molecule has 0 fully saturated rings. The highest BCUT2D eigenvalue weighted by Gasteiger charge is 2.25. The number of halogens is 1. The first kappa shape index (κ1) is 12.1. The maximum Gasteiger partial charge on any atom is 0.150 e. The van der Waals surface area contributed by atoms with Crippen molar-refractivity contribution in [3.63, 3.8) is 0 Å². The second-order valence-corrected chi connectivity index (χ2v) is 4.99. The van der Waals surface area contributed by atoms with Gasteiger partial charge in [-0.2, -0.15) is 5.10 Å². The smallest absolute Gasteiger partial charge is 0.150 e. The summed E-state index contributed by atoms with van der Waals surface area (Å²) in [6.07, 6.45) is 0.654. The van der Waals surface area contributed by atoms with Crippen LogP contribution in [0.25, 0.3) is 0 Å². The number of furan rings is 1. The van der Waals surface area contributed by atoms with E-state index in [2.05, 4.69) is 10.5 Å². The van der Waals surface area contributed by atoms with Gasteiger partial charge in [0.25, 0.3) is 0 Å². The SMILES string of the molecule is Cc1ccc(C2=NNC(c3cc(Cl)ccc3O)C2)o1. The summed E-state index contributed by atoms with van der Waals surface area (Å²) in [7, 11) is 0. The predicted octanol–water partition coefficient (Wildman–Crippen LogP) is 3.39. The standard InChI is InChI=1S/C14H13ClN2O2/c1-8-2-5-14(19-8)12-7-11(16-17-12)10-6-9(15)3-4-13(10)18/h2-6,11,16,18H,7H2,1H3. The van der Waals surface area contributed by atoms with E-state index >= 15 is 0 Å². The number of hydrogen-bond donors (Lipinski definition) is 2. The third-order valence-electron chi connectivity index (χ3n) is 3.14. The molecule has 1 aliphatic rings. The summed E-state index contributed by atoms with van der Waals surface area (Å²) >= 11 is 5.96. The molecule has 0 saturated heterocycles. The molecule has 2 N–H and O–H groups in total. The average Bonchev–Trinajstić information content (AvgIpc) is 3.00. The Morgan fingerprint density at radius 1 is 1.37 bits per heavy atom. The minimum absolute atomic E-state index is 0.0842. The van der Waals surface area contributed by atoms with Gasteiger partial charge in [0.1, 0.15) is 23.0 Å². The molecular formula is C14H13ClN2O2. The molecular weight excluding hydrogens is 264 g/mol. The van der Waals surface area contributed by atoms with Crippen LogP contribution in [-0.4, -0.2) is 10.8 Å². The Morgan fingerprint density at radius 3 is 2.95 bits per heavy atom. The zero-order valence-electron chi connectivity index (χ0n) is 10.4. The zero-order valence-corrected chi connectivity index (χ0v) is 11.1. The van der Waals surface area contributed by atoms with Gasteiger partial charge >= 0.3 is 0 Å². The molecule has 2 heterocycles. The summed E-state index contributed by atoms with van der Waals surface area (Å²) in [5.41, 5.74) is 4.60. The van der Waals surface area contributed by atoms with Gasteiger partial charge in [-0.1, -0.05) is 11.6 Å². The first-order chi connectivity index (χ1) is 9.13. The van der Waals surface area contributed by atoms with E-state index in [1.54, 1.807) is 18.2 Å². The summed E-state index contributed by atoms with van der Waals surface area (Å²) in [5, 5.41) is 14.7. The van der Waals surface area contributed by atoms with E-state index in [-0.39, 0.29) is 11.8 Å². The molecule has 0 radical (unpaired) electrons. The van der Waals surface area contributed by atoms with E-state index in [0.717, 1.165) is 22.8 Å². The molecule has 0 spiro atoms. The van der Waals surface area contributed by atoms with E-state index < -0.39 is 0 Å². The van der Waals surface area contributed by atoms with Crippen molar-refractivity contribution in [1.29, 1.82) is 0 Å². The monoisotopic (exact) mass is 276 g/mol. The van der Waals surface area contributed by atoms with Gasteiger partial charge in [0, 0.05) is 17.0 Å². The molecule has 1 aliphatic heterocycles. The highest BCUT2D eigenvalue weighted by Crippen LogP contribution is 2.32. The molecule has 0 amide bonds. The van der Waals surface area contributed by atoms with Gasteiger partial charge in [-0.25, -0.2) is 0 Å². The number of phenols is 1. The second-order valence-electron chi connectivity index (χ2n) is 4.56. The Balaban J connectivity index is 1.83. The quantitative estimate of drug-likeness (QED) is 0.884. The Morgan fingerprint density at radius 2 is 2.21 bits per heavy atom. The number of rotatable bonds is 2. The topological polar surface area (TPSA) is 57.8 Å². The van der Waals surface area contributed by atoms with Crippen LogP contribution in [0.1, 0.15) is 29.5 Å². The molecule has 5 heteroatoms. The summed E-state index contributed by atoms with van der Waals surface area (Å²) < 4.78 is 5.55. The largest absolute Gasteiger partial charge is 0.508 e. The number of aromatic hydroxyl groups is 1. The lowest BCUT2D eigenvalue weighted by molar-refractivity contribution is 0.455. The van der Waals surface area contributed by atoms with Gasteiger partial charge in [0.15, 0.2) is 0 Å². The molecule has 1 aromatic carbocycles. The lowest BCUT2D eigenvalue weighted by Gasteiger charge is -2.12. The molecule has 4 nitrogen and oxygen atoms in total. The fraction of sp³-hybridized carbons (Fsp3) is 0.214. The Hall–Kier alpha value is -1.94. The van der Waals surface area contributed by atoms with Crippen molar-refractivity contribution in [1.82, 2.24) is 5.43 Å². The molecule has 0 saturated carbocycles. The third-order valence-corrected chi connectivity index (χ3v) is 3.38.